The summed E-state index contributed by atoms with van der Waals surface area (Å²) in [6.07, 6.45) is 1.78. The number of nitrogens with zero attached hydrogens (tertiary/aromatic N) is 1. The molecule has 2 aromatic rings. The fraction of sp³-hybridized carbons (Fsp3) is 0.308. The highest BCUT2D eigenvalue weighted by molar-refractivity contribution is 7.09. The van der Waals surface area contributed by atoms with Crippen LogP contribution < -0.4 is 14.8 Å². The highest BCUT2D eigenvalue weighted by Crippen LogP contribution is 2.25. The SMILES string of the molecule is CNCc1cc(OC)ccc1OCc1nccs1. The van der Waals surface area contributed by atoms with E-state index in [0.29, 0.717) is 6.61 Å². The summed E-state index contributed by atoms with van der Waals surface area (Å²) in [5, 5.41) is 6.04. The van der Waals surface area contributed by atoms with E-state index in [0.717, 1.165) is 28.6 Å². The number of thiazole rings is 1. The molecular weight excluding hydrogens is 248 g/mol. The molecule has 1 heterocycles. The van der Waals surface area contributed by atoms with Crippen molar-refractivity contribution in [2.75, 3.05) is 14.2 Å². The van der Waals surface area contributed by atoms with Crippen molar-refractivity contribution in [1.82, 2.24) is 10.3 Å². The van der Waals surface area contributed by atoms with Gasteiger partial charge in [-0.3, -0.25) is 0 Å². The average Bonchev–Trinajstić information content (AvgIpc) is 2.90. The molecule has 1 N–H and O–H groups in total. The fourth-order valence-electron chi connectivity index (χ4n) is 1.62. The molecule has 1 aromatic heterocycles. The van der Waals surface area contributed by atoms with Gasteiger partial charge in [-0.05, 0) is 25.2 Å². The van der Waals surface area contributed by atoms with Gasteiger partial charge in [0.2, 0.25) is 0 Å². The van der Waals surface area contributed by atoms with E-state index >= 15 is 0 Å². The molecule has 0 bridgehead atoms. The van der Waals surface area contributed by atoms with Gasteiger partial charge in [-0.15, -0.1) is 11.3 Å². The summed E-state index contributed by atoms with van der Waals surface area (Å²) in [5.74, 6) is 1.70. The molecule has 4 nitrogen and oxygen atoms in total. The molecule has 0 saturated carbocycles. The third-order valence-corrected chi connectivity index (χ3v) is 3.22. The van der Waals surface area contributed by atoms with E-state index in [4.69, 9.17) is 9.47 Å². The first kappa shape index (κ1) is 12.9. The lowest BCUT2D eigenvalue weighted by Gasteiger charge is -2.11. The molecule has 0 aliphatic carbocycles. The second kappa shape index (κ2) is 6.37. The molecule has 96 valence electrons. The Hall–Kier alpha value is -1.59. The van der Waals surface area contributed by atoms with Crippen molar-refractivity contribution in [3.63, 3.8) is 0 Å². The fourth-order valence-corrected chi connectivity index (χ4v) is 2.14. The third kappa shape index (κ3) is 3.21. The normalized spacial score (nSPS) is 10.3. The van der Waals surface area contributed by atoms with Gasteiger partial charge in [-0.25, -0.2) is 4.98 Å². The van der Waals surface area contributed by atoms with Crippen molar-refractivity contribution in [2.24, 2.45) is 0 Å². The van der Waals surface area contributed by atoms with Crippen LogP contribution in [0.2, 0.25) is 0 Å². The molecule has 0 aliphatic rings. The molecule has 0 fully saturated rings. The summed E-state index contributed by atoms with van der Waals surface area (Å²) < 4.78 is 11.0. The van der Waals surface area contributed by atoms with Crippen molar-refractivity contribution < 1.29 is 9.47 Å². The van der Waals surface area contributed by atoms with Crippen LogP contribution >= 0.6 is 11.3 Å². The van der Waals surface area contributed by atoms with Gasteiger partial charge in [0.05, 0.1) is 7.11 Å². The maximum Gasteiger partial charge on any atom is 0.140 e. The van der Waals surface area contributed by atoms with Gasteiger partial charge in [0.1, 0.15) is 23.1 Å². The van der Waals surface area contributed by atoms with Gasteiger partial charge in [0.15, 0.2) is 0 Å². The Morgan fingerprint density at radius 3 is 2.94 bits per heavy atom. The van der Waals surface area contributed by atoms with Crippen molar-refractivity contribution in [2.45, 2.75) is 13.2 Å². The average molecular weight is 264 g/mol. The topological polar surface area (TPSA) is 43.4 Å². The largest absolute Gasteiger partial charge is 0.497 e. The molecule has 0 radical (unpaired) electrons. The van der Waals surface area contributed by atoms with Crippen molar-refractivity contribution in [3.05, 3.63) is 40.3 Å². The lowest BCUT2D eigenvalue weighted by molar-refractivity contribution is 0.301. The van der Waals surface area contributed by atoms with Crippen LogP contribution in [-0.2, 0) is 13.2 Å². The second-order valence-electron chi connectivity index (χ2n) is 3.72. The summed E-state index contributed by atoms with van der Waals surface area (Å²) in [5.41, 5.74) is 1.08. The number of benzene rings is 1. The first-order valence-corrected chi connectivity index (χ1v) is 6.54. The Balaban J connectivity index is 2.10. The van der Waals surface area contributed by atoms with E-state index < -0.39 is 0 Å². The number of nitrogens with one attached hydrogen (secondary N) is 1. The molecule has 5 heteroatoms. The molecule has 0 unspecified atom stereocenters. The number of rotatable bonds is 6. The van der Waals surface area contributed by atoms with Crippen LogP contribution in [0.4, 0.5) is 0 Å². The van der Waals surface area contributed by atoms with Crippen molar-refractivity contribution in [1.29, 1.82) is 0 Å². The van der Waals surface area contributed by atoms with Gasteiger partial charge >= 0.3 is 0 Å². The van der Waals surface area contributed by atoms with Gasteiger partial charge in [-0.2, -0.15) is 0 Å². The minimum Gasteiger partial charge on any atom is -0.497 e. The lowest BCUT2D eigenvalue weighted by atomic mass is 10.2. The minimum atomic E-state index is 0.501. The van der Waals surface area contributed by atoms with Gasteiger partial charge < -0.3 is 14.8 Å². The molecular formula is C13H16N2O2S. The summed E-state index contributed by atoms with van der Waals surface area (Å²) >= 11 is 1.59. The van der Waals surface area contributed by atoms with E-state index in [1.165, 1.54) is 0 Å². The van der Waals surface area contributed by atoms with Crippen LogP contribution in [0.25, 0.3) is 0 Å². The van der Waals surface area contributed by atoms with E-state index in [1.54, 1.807) is 24.6 Å². The molecule has 1 aromatic carbocycles. The maximum atomic E-state index is 5.79. The summed E-state index contributed by atoms with van der Waals surface area (Å²) in [4.78, 5) is 4.19. The standard InChI is InChI=1S/C13H16N2O2S/c1-14-8-10-7-11(16-2)3-4-12(10)17-9-13-15-5-6-18-13/h3-7,14H,8-9H2,1-2H3. The zero-order chi connectivity index (χ0) is 12.8. The highest BCUT2D eigenvalue weighted by Gasteiger charge is 2.06. The lowest BCUT2D eigenvalue weighted by Crippen LogP contribution is -2.08. The smallest absolute Gasteiger partial charge is 0.140 e. The molecule has 0 saturated heterocycles. The van der Waals surface area contributed by atoms with E-state index in [2.05, 4.69) is 10.3 Å². The summed E-state index contributed by atoms with van der Waals surface area (Å²) in [6, 6.07) is 5.81. The van der Waals surface area contributed by atoms with E-state index in [-0.39, 0.29) is 0 Å². The molecule has 0 atom stereocenters. The summed E-state index contributed by atoms with van der Waals surface area (Å²) in [6.45, 7) is 1.24. The number of hydrogen-bond donors (Lipinski definition) is 1. The zero-order valence-electron chi connectivity index (χ0n) is 10.5. The van der Waals surface area contributed by atoms with Gasteiger partial charge in [0, 0.05) is 23.7 Å². The van der Waals surface area contributed by atoms with Crippen LogP contribution in [0.1, 0.15) is 10.6 Å². The zero-order valence-corrected chi connectivity index (χ0v) is 11.3. The minimum absolute atomic E-state index is 0.501. The van der Waals surface area contributed by atoms with Crippen LogP contribution in [0.15, 0.2) is 29.8 Å². The Bertz CT molecular complexity index is 486. The number of methoxy groups -OCH3 is 1. The van der Waals surface area contributed by atoms with Crippen LogP contribution in [-0.4, -0.2) is 19.1 Å². The molecule has 2 rings (SSSR count). The van der Waals surface area contributed by atoms with Crippen LogP contribution in [0, 0.1) is 0 Å². The Morgan fingerprint density at radius 1 is 1.39 bits per heavy atom. The Labute approximate surface area is 111 Å². The Morgan fingerprint density at radius 2 is 2.28 bits per heavy atom. The third-order valence-electron chi connectivity index (χ3n) is 2.47. The molecule has 0 aliphatic heterocycles. The predicted octanol–water partition coefficient (Wildman–Crippen LogP) is 2.45. The Kier molecular flexibility index (Phi) is 4.55. The monoisotopic (exact) mass is 264 g/mol. The van der Waals surface area contributed by atoms with Crippen molar-refractivity contribution >= 4 is 11.3 Å². The van der Waals surface area contributed by atoms with Crippen LogP contribution in [0.3, 0.4) is 0 Å². The van der Waals surface area contributed by atoms with Gasteiger partial charge in [-0.1, -0.05) is 0 Å². The molecule has 0 amide bonds. The first-order chi connectivity index (χ1) is 8.83. The number of ether oxygens (including phenoxy) is 2. The predicted molar refractivity (Wildman–Crippen MR) is 72.2 cm³/mol. The molecule has 0 spiro atoms. The van der Waals surface area contributed by atoms with E-state index in [1.807, 2.05) is 30.6 Å². The quantitative estimate of drug-likeness (QED) is 0.870. The van der Waals surface area contributed by atoms with Crippen LogP contribution in [0.5, 0.6) is 11.5 Å². The highest BCUT2D eigenvalue weighted by atomic mass is 32.1. The second-order valence-corrected chi connectivity index (χ2v) is 4.70. The number of aromatic nitrogens is 1. The summed E-state index contributed by atoms with van der Waals surface area (Å²) in [7, 11) is 3.57. The molecule has 18 heavy (non-hydrogen) atoms. The number of hydrogen-bond acceptors (Lipinski definition) is 5. The van der Waals surface area contributed by atoms with E-state index in [9.17, 15) is 0 Å². The van der Waals surface area contributed by atoms with Gasteiger partial charge in [0.25, 0.3) is 0 Å². The van der Waals surface area contributed by atoms with Crippen molar-refractivity contribution in [3.8, 4) is 11.5 Å². The maximum absolute atomic E-state index is 5.79. The first-order valence-electron chi connectivity index (χ1n) is 5.66.